The molecule has 1 fully saturated rings. The van der Waals surface area contributed by atoms with E-state index in [2.05, 4.69) is 16.0 Å². The first-order valence-corrected chi connectivity index (χ1v) is 13.1. The smallest absolute Gasteiger partial charge is 0.356 e. The predicted molar refractivity (Wildman–Crippen MR) is 142 cm³/mol. The number of amides is 3. The number of nitrogens with one attached hydrogen (secondary N) is 3. The molecule has 0 radical (unpaired) electrons. The normalized spacial score (nSPS) is 18.0. The summed E-state index contributed by atoms with van der Waals surface area (Å²) in [5, 5.41) is 8.39. The van der Waals surface area contributed by atoms with E-state index in [0.717, 1.165) is 0 Å². The summed E-state index contributed by atoms with van der Waals surface area (Å²) in [4.78, 5) is 36.7. The highest BCUT2D eigenvalue weighted by atomic mass is 35.5. The number of carbonyl (C=O) groups is 3. The van der Waals surface area contributed by atoms with E-state index in [-0.39, 0.29) is 29.4 Å². The van der Waals surface area contributed by atoms with Gasteiger partial charge in [0.05, 0.1) is 16.5 Å². The maximum atomic E-state index is 12.9. The van der Waals surface area contributed by atoms with Gasteiger partial charge >= 0.3 is 6.18 Å². The van der Waals surface area contributed by atoms with Crippen LogP contribution in [-0.4, -0.2) is 41.3 Å². The van der Waals surface area contributed by atoms with Crippen LogP contribution in [-0.2, 0) is 9.59 Å². The van der Waals surface area contributed by atoms with Crippen LogP contribution in [0.15, 0.2) is 36.4 Å². The zero-order valence-electron chi connectivity index (χ0n) is 19.4. The second-order valence-corrected chi connectivity index (χ2v) is 11.3. The molecule has 0 aromatic heterocycles. The summed E-state index contributed by atoms with van der Waals surface area (Å²) in [6, 6.07) is 9.16. The van der Waals surface area contributed by atoms with Gasteiger partial charge in [0.15, 0.2) is 0 Å². The molecule has 0 aliphatic heterocycles. The standard InChI is InChI=1S/C24H21Cl5F3N3O3/c25-13-7-12(8-14(26)9-13)19-20(24(19,28)29)22(38)35-15-3-4-17(27)16(10-15)21(37)34-6-2-1-5-33-18(36)11-23(30,31)32/h3-4,7-10,19-20H,1-2,5-6,11H2,(H,33,36)(H,34,37)(H,35,38). The Kier molecular flexibility index (Phi) is 10.1. The van der Waals surface area contributed by atoms with Crippen molar-refractivity contribution in [2.45, 2.75) is 35.7 Å². The molecule has 1 aliphatic carbocycles. The molecular weight excluding hydrogens is 613 g/mol. The monoisotopic (exact) mass is 631 g/mol. The molecule has 1 aliphatic rings. The summed E-state index contributed by atoms with van der Waals surface area (Å²) in [7, 11) is 0. The number of unbranched alkanes of at least 4 members (excludes halogenated alkanes) is 1. The van der Waals surface area contributed by atoms with Gasteiger partial charge in [-0.3, -0.25) is 14.4 Å². The van der Waals surface area contributed by atoms with Crippen LogP contribution in [0.2, 0.25) is 15.1 Å². The van der Waals surface area contributed by atoms with Crippen LogP contribution < -0.4 is 16.0 Å². The highest BCUT2D eigenvalue weighted by Gasteiger charge is 2.67. The number of hydrogen-bond donors (Lipinski definition) is 3. The molecule has 38 heavy (non-hydrogen) atoms. The van der Waals surface area contributed by atoms with E-state index in [4.69, 9.17) is 58.0 Å². The summed E-state index contributed by atoms with van der Waals surface area (Å²) in [6.45, 7) is 0.229. The molecule has 2 aromatic rings. The zero-order valence-corrected chi connectivity index (χ0v) is 23.2. The van der Waals surface area contributed by atoms with Gasteiger partial charge in [0.2, 0.25) is 11.8 Å². The number of alkyl halides is 5. The number of halogens is 8. The molecule has 2 atom stereocenters. The van der Waals surface area contributed by atoms with Crippen molar-refractivity contribution in [3.05, 3.63) is 62.6 Å². The van der Waals surface area contributed by atoms with Crippen LogP contribution in [0.5, 0.6) is 0 Å². The first kappa shape index (κ1) is 30.6. The van der Waals surface area contributed by atoms with Gasteiger partial charge < -0.3 is 16.0 Å². The van der Waals surface area contributed by atoms with Crippen molar-refractivity contribution in [1.29, 1.82) is 0 Å². The third kappa shape index (κ3) is 8.29. The summed E-state index contributed by atoms with van der Waals surface area (Å²) < 4.78 is 35.1. The van der Waals surface area contributed by atoms with Crippen LogP contribution in [0.25, 0.3) is 0 Å². The molecule has 2 aromatic carbocycles. The number of carbonyl (C=O) groups excluding carboxylic acids is 3. The van der Waals surface area contributed by atoms with Crippen molar-refractivity contribution in [3.8, 4) is 0 Å². The quantitative estimate of drug-likeness (QED) is 0.200. The minimum atomic E-state index is -4.56. The van der Waals surface area contributed by atoms with E-state index in [1.54, 1.807) is 18.2 Å². The van der Waals surface area contributed by atoms with Crippen LogP contribution in [0.3, 0.4) is 0 Å². The minimum absolute atomic E-state index is 0.0409. The first-order chi connectivity index (χ1) is 17.7. The number of anilines is 1. The Morgan fingerprint density at radius 2 is 1.50 bits per heavy atom. The zero-order chi connectivity index (χ0) is 28.3. The molecule has 206 valence electrons. The van der Waals surface area contributed by atoms with Crippen molar-refractivity contribution in [3.63, 3.8) is 0 Å². The average Bonchev–Trinajstić information content (AvgIpc) is 3.37. The van der Waals surface area contributed by atoms with Crippen molar-refractivity contribution in [2.75, 3.05) is 18.4 Å². The van der Waals surface area contributed by atoms with Gasteiger partial charge in [-0.05, 0) is 54.8 Å². The lowest BCUT2D eigenvalue weighted by atomic mass is 10.1. The molecule has 2 unspecified atom stereocenters. The van der Waals surface area contributed by atoms with Gasteiger partial charge in [0.25, 0.3) is 5.91 Å². The number of hydrogen-bond acceptors (Lipinski definition) is 3. The van der Waals surface area contributed by atoms with Gasteiger partial charge in [-0.2, -0.15) is 13.2 Å². The van der Waals surface area contributed by atoms with E-state index in [1.807, 2.05) is 0 Å². The Morgan fingerprint density at radius 1 is 0.895 bits per heavy atom. The van der Waals surface area contributed by atoms with Crippen LogP contribution in [0.1, 0.15) is 41.1 Å². The molecule has 3 amide bonds. The van der Waals surface area contributed by atoms with E-state index in [1.165, 1.54) is 18.2 Å². The van der Waals surface area contributed by atoms with Gasteiger partial charge in [0.1, 0.15) is 10.8 Å². The van der Waals surface area contributed by atoms with Gasteiger partial charge in [0, 0.05) is 34.7 Å². The fourth-order valence-electron chi connectivity index (χ4n) is 3.84. The van der Waals surface area contributed by atoms with Gasteiger partial charge in [-0.15, -0.1) is 23.2 Å². The molecule has 3 N–H and O–H groups in total. The lowest BCUT2D eigenvalue weighted by Gasteiger charge is -2.11. The van der Waals surface area contributed by atoms with Crippen LogP contribution in [0.4, 0.5) is 18.9 Å². The fourth-order valence-corrected chi connectivity index (χ4v) is 5.41. The molecule has 0 heterocycles. The third-order valence-electron chi connectivity index (χ3n) is 5.63. The van der Waals surface area contributed by atoms with E-state index >= 15 is 0 Å². The van der Waals surface area contributed by atoms with E-state index in [9.17, 15) is 27.6 Å². The molecule has 0 bridgehead atoms. The largest absolute Gasteiger partial charge is 0.397 e. The van der Waals surface area contributed by atoms with E-state index in [0.29, 0.717) is 28.5 Å². The van der Waals surface area contributed by atoms with Crippen LogP contribution in [0, 0.1) is 5.92 Å². The highest BCUT2D eigenvalue weighted by Crippen LogP contribution is 2.65. The highest BCUT2D eigenvalue weighted by molar-refractivity contribution is 6.53. The Morgan fingerprint density at radius 3 is 2.11 bits per heavy atom. The molecular formula is C24H21Cl5F3N3O3. The lowest BCUT2D eigenvalue weighted by molar-refractivity contribution is -0.153. The van der Waals surface area contributed by atoms with Crippen molar-refractivity contribution < 1.29 is 27.6 Å². The Bertz CT molecular complexity index is 1210. The Balaban J connectivity index is 1.52. The summed E-state index contributed by atoms with van der Waals surface area (Å²) in [5.41, 5.74) is 1.000. The summed E-state index contributed by atoms with van der Waals surface area (Å²) in [6.07, 6.45) is -5.35. The first-order valence-electron chi connectivity index (χ1n) is 11.2. The molecule has 14 heteroatoms. The molecule has 1 saturated carbocycles. The number of benzene rings is 2. The molecule has 6 nitrogen and oxygen atoms in total. The second-order valence-electron chi connectivity index (χ2n) is 8.62. The maximum Gasteiger partial charge on any atom is 0.397 e. The Hall–Kier alpha value is -1.91. The van der Waals surface area contributed by atoms with Gasteiger partial charge in [-0.25, -0.2) is 0 Å². The number of rotatable bonds is 10. The topological polar surface area (TPSA) is 87.3 Å². The molecule has 0 saturated heterocycles. The Labute approximate surface area is 241 Å². The van der Waals surface area contributed by atoms with E-state index < -0.39 is 46.5 Å². The SMILES string of the molecule is O=C(CC(F)(F)F)NCCCCNC(=O)c1cc(NC(=O)C2C(c3cc(Cl)cc(Cl)c3)C2(Cl)Cl)ccc1Cl. The average molecular weight is 634 g/mol. The van der Waals surface area contributed by atoms with Crippen molar-refractivity contribution >= 4 is 81.4 Å². The third-order valence-corrected chi connectivity index (χ3v) is 7.34. The molecule has 3 rings (SSSR count). The van der Waals surface area contributed by atoms with Crippen LogP contribution >= 0.6 is 58.0 Å². The molecule has 0 spiro atoms. The van der Waals surface area contributed by atoms with Crippen molar-refractivity contribution in [2.24, 2.45) is 5.92 Å². The van der Waals surface area contributed by atoms with Crippen molar-refractivity contribution in [1.82, 2.24) is 10.6 Å². The fraction of sp³-hybridized carbons (Fsp3) is 0.375. The summed E-state index contributed by atoms with van der Waals surface area (Å²) >= 11 is 31.0. The lowest BCUT2D eigenvalue weighted by Crippen LogP contribution is -2.30. The maximum absolute atomic E-state index is 12.9. The van der Waals surface area contributed by atoms with Gasteiger partial charge in [-0.1, -0.05) is 34.8 Å². The second kappa shape index (κ2) is 12.5. The minimum Gasteiger partial charge on any atom is -0.356 e. The summed E-state index contributed by atoms with van der Waals surface area (Å²) in [5.74, 6) is -3.45. The predicted octanol–water partition coefficient (Wildman–Crippen LogP) is 6.75.